The maximum absolute atomic E-state index is 6.09. The monoisotopic (exact) mass is 301 g/mol. The molecule has 0 radical (unpaired) electrons. The molecule has 1 aromatic heterocycles. The first-order valence-electron chi connectivity index (χ1n) is 6.40. The van der Waals surface area contributed by atoms with Crippen molar-refractivity contribution in [1.29, 1.82) is 0 Å². The Labute approximate surface area is 128 Å². The van der Waals surface area contributed by atoms with E-state index in [0.717, 1.165) is 16.5 Å². The van der Waals surface area contributed by atoms with Crippen LogP contribution in [0.2, 0.25) is 5.15 Å². The first-order valence-corrected chi connectivity index (χ1v) is 7.31. The minimum atomic E-state index is 0.371. The third kappa shape index (κ3) is 2.39. The van der Waals surface area contributed by atoms with Crippen LogP contribution in [0.25, 0.3) is 22.0 Å². The van der Waals surface area contributed by atoms with Gasteiger partial charge in [-0.3, -0.25) is 0 Å². The van der Waals surface area contributed by atoms with Gasteiger partial charge in [0.15, 0.2) is 0 Å². The second kappa shape index (κ2) is 5.43. The molecule has 1 nitrogen and oxygen atoms in total. The molecular formula is C17H13Cl2N. The van der Waals surface area contributed by atoms with Crippen LogP contribution >= 0.6 is 23.2 Å². The number of hydrogen-bond donors (Lipinski definition) is 0. The van der Waals surface area contributed by atoms with Gasteiger partial charge in [-0.1, -0.05) is 41.9 Å². The SMILES string of the molecule is Cc1ccccc1-c1ccc2nc(Cl)c(CCl)cc2c1. The largest absolute Gasteiger partial charge is 0.236 e. The van der Waals surface area contributed by atoms with E-state index in [1.54, 1.807) is 0 Å². The van der Waals surface area contributed by atoms with Crippen molar-refractivity contribution >= 4 is 34.1 Å². The van der Waals surface area contributed by atoms with E-state index in [-0.39, 0.29) is 0 Å². The van der Waals surface area contributed by atoms with Gasteiger partial charge in [-0.05, 0) is 41.8 Å². The van der Waals surface area contributed by atoms with Crippen molar-refractivity contribution < 1.29 is 0 Å². The molecule has 20 heavy (non-hydrogen) atoms. The van der Waals surface area contributed by atoms with E-state index >= 15 is 0 Å². The van der Waals surface area contributed by atoms with Gasteiger partial charge < -0.3 is 0 Å². The highest BCUT2D eigenvalue weighted by molar-refractivity contribution is 6.31. The van der Waals surface area contributed by atoms with Crippen LogP contribution in [0.1, 0.15) is 11.1 Å². The smallest absolute Gasteiger partial charge is 0.134 e. The van der Waals surface area contributed by atoms with Gasteiger partial charge in [0.25, 0.3) is 0 Å². The summed E-state index contributed by atoms with van der Waals surface area (Å²) in [4.78, 5) is 4.38. The average Bonchev–Trinajstić information content (AvgIpc) is 2.46. The van der Waals surface area contributed by atoms with Gasteiger partial charge in [-0.15, -0.1) is 11.6 Å². The Hall–Kier alpha value is -1.57. The second-order valence-electron chi connectivity index (χ2n) is 4.79. The van der Waals surface area contributed by atoms with Gasteiger partial charge in [0.2, 0.25) is 0 Å². The predicted octanol–water partition coefficient (Wildman–Crippen LogP) is 5.60. The van der Waals surface area contributed by atoms with Crippen LogP contribution in [0.3, 0.4) is 0 Å². The molecule has 0 N–H and O–H groups in total. The molecule has 0 bridgehead atoms. The van der Waals surface area contributed by atoms with Crippen molar-refractivity contribution in [3.05, 3.63) is 64.8 Å². The Morgan fingerprint density at radius 3 is 2.60 bits per heavy atom. The molecule has 0 aliphatic rings. The lowest BCUT2D eigenvalue weighted by Crippen LogP contribution is -1.89. The van der Waals surface area contributed by atoms with Crippen molar-refractivity contribution in [2.24, 2.45) is 0 Å². The molecule has 0 unspecified atom stereocenters. The van der Waals surface area contributed by atoms with Crippen LogP contribution in [-0.4, -0.2) is 4.98 Å². The first kappa shape index (κ1) is 13.4. The molecule has 2 aromatic carbocycles. The molecule has 0 aliphatic carbocycles. The average molecular weight is 302 g/mol. The Morgan fingerprint density at radius 1 is 1.05 bits per heavy atom. The van der Waals surface area contributed by atoms with Gasteiger partial charge in [-0.25, -0.2) is 4.98 Å². The van der Waals surface area contributed by atoms with Gasteiger partial charge in [0.1, 0.15) is 5.15 Å². The topological polar surface area (TPSA) is 12.9 Å². The van der Waals surface area contributed by atoms with E-state index in [1.165, 1.54) is 16.7 Å². The molecular weight excluding hydrogens is 289 g/mol. The standard InChI is InChI=1S/C17H13Cl2N/c1-11-4-2-3-5-15(11)12-6-7-16-13(8-12)9-14(10-18)17(19)20-16/h2-9H,10H2,1H3. The Balaban J connectivity index is 2.20. The lowest BCUT2D eigenvalue weighted by atomic mass is 9.99. The molecule has 0 aliphatic heterocycles. The van der Waals surface area contributed by atoms with E-state index in [9.17, 15) is 0 Å². The molecule has 0 atom stereocenters. The fourth-order valence-electron chi connectivity index (χ4n) is 2.35. The molecule has 0 saturated heterocycles. The maximum atomic E-state index is 6.09. The quantitative estimate of drug-likeness (QED) is 0.443. The fourth-order valence-corrected chi connectivity index (χ4v) is 2.84. The number of benzene rings is 2. The number of pyridine rings is 1. The van der Waals surface area contributed by atoms with E-state index < -0.39 is 0 Å². The highest BCUT2D eigenvalue weighted by Gasteiger charge is 2.06. The molecule has 3 rings (SSSR count). The summed E-state index contributed by atoms with van der Waals surface area (Å²) in [6.07, 6.45) is 0. The number of hydrogen-bond acceptors (Lipinski definition) is 1. The molecule has 3 aromatic rings. The van der Waals surface area contributed by atoms with Gasteiger partial charge in [0, 0.05) is 10.9 Å². The number of alkyl halides is 1. The van der Waals surface area contributed by atoms with Crippen LogP contribution < -0.4 is 0 Å². The molecule has 0 saturated carbocycles. The Bertz CT molecular complexity index is 781. The summed E-state index contributed by atoms with van der Waals surface area (Å²) in [6.45, 7) is 2.11. The lowest BCUT2D eigenvalue weighted by molar-refractivity contribution is 1.30. The van der Waals surface area contributed by atoms with E-state index in [0.29, 0.717) is 11.0 Å². The van der Waals surface area contributed by atoms with Crippen LogP contribution in [0, 0.1) is 6.92 Å². The normalized spacial score (nSPS) is 10.9. The van der Waals surface area contributed by atoms with Crippen LogP contribution in [0.4, 0.5) is 0 Å². The van der Waals surface area contributed by atoms with Crippen LogP contribution in [0.15, 0.2) is 48.5 Å². The van der Waals surface area contributed by atoms with Crippen molar-refractivity contribution in [3.8, 4) is 11.1 Å². The summed E-state index contributed by atoms with van der Waals surface area (Å²) in [6, 6.07) is 16.6. The van der Waals surface area contributed by atoms with E-state index in [1.807, 2.05) is 18.2 Å². The lowest BCUT2D eigenvalue weighted by Gasteiger charge is -2.08. The zero-order chi connectivity index (χ0) is 14.1. The molecule has 0 amide bonds. The molecule has 0 fully saturated rings. The van der Waals surface area contributed by atoms with Crippen LogP contribution in [0.5, 0.6) is 0 Å². The van der Waals surface area contributed by atoms with Crippen molar-refractivity contribution in [3.63, 3.8) is 0 Å². The van der Waals surface area contributed by atoms with Crippen LogP contribution in [-0.2, 0) is 5.88 Å². The molecule has 100 valence electrons. The number of aromatic nitrogens is 1. The summed E-state index contributed by atoms with van der Waals surface area (Å²) >= 11 is 12.0. The maximum Gasteiger partial charge on any atom is 0.134 e. The number of nitrogens with zero attached hydrogens (tertiary/aromatic N) is 1. The zero-order valence-electron chi connectivity index (χ0n) is 11.0. The molecule has 3 heteroatoms. The highest BCUT2D eigenvalue weighted by atomic mass is 35.5. The van der Waals surface area contributed by atoms with Gasteiger partial charge >= 0.3 is 0 Å². The minimum absolute atomic E-state index is 0.371. The third-order valence-corrected chi connectivity index (χ3v) is 4.06. The summed E-state index contributed by atoms with van der Waals surface area (Å²) in [5.74, 6) is 0.371. The Morgan fingerprint density at radius 2 is 1.85 bits per heavy atom. The Kier molecular flexibility index (Phi) is 3.64. The van der Waals surface area contributed by atoms with E-state index in [2.05, 4.69) is 42.2 Å². The van der Waals surface area contributed by atoms with Crippen molar-refractivity contribution in [2.45, 2.75) is 12.8 Å². The summed E-state index contributed by atoms with van der Waals surface area (Å²) in [5, 5.41) is 1.54. The highest BCUT2D eigenvalue weighted by Crippen LogP contribution is 2.28. The number of fused-ring (bicyclic) bond motifs is 1. The van der Waals surface area contributed by atoms with Crippen molar-refractivity contribution in [2.75, 3.05) is 0 Å². The van der Waals surface area contributed by atoms with Gasteiger partial charge in [0.05, 0.1) is 11.4 Å². The number of aryl methyl sites for hydroxylation is 1. The van der Waals surface area contributed by atoms with Gasteiger partial charge in [-0.2, -0.15) is 0 Å². The predicted molar refractivity (Wildman–Crippen MR) is 86.5 cm³/mol. The molecule has 1 heterocycles. The molecule has 0 spiro atoms. The number of halogens is 2. The second-order valence-corrected chi connectivity index (χ2v) is 5.42. The first-order chi connectivity index (χ1) is 9.69. The minimum Gasteiger partial charge on any atom is -0.236 e. The summed E-state index contributed by atoms with van der Waals surface area (Å²) < 4.78 is 0. The van der Waals surface area contributed by atoms with E-state index in [4.69, 9.17) is 23.2 Å². The number of rotatable bonds is 2. The zero-order valence-corrected chi connectivity index (χ0v) is 12.5. The summed E-state index contributed by atoms with van der Waals surface area (Å²) in [5.41, 5.74) is 5.42. The fraction of sp³-hybridized carbons (Fsp3) is 0.118. The summed E-state index contributed by atoms with van der Waals surface area (Å²) in [7, 11) is 0. The van der Waals surface area contributed by atoms with Crippen molar-refractivity contribution in [1.82, 2.24) is 4.98 Å². The third-order valence-electron chi connectivity index (χ3n) is 3.44.